The maximum absolute atomic E-state index is 13.6. The number of furan rings is 1. The molecule has 7 nitrogen and oxygen atoms in total. The van der Waals surface area contributed by atoms with Crippen LogP contribution in [0, 0.1) is 5.82 Å². The van der Waals surface area contributed by atoms with Crippen molar-refractivity contribution in [2.75, 3.05) is 23.9 Å². The van der Waals surface area contributed by atoms with Crippen molar-refractivity contribution in [1.29, 1.82) is 0 Å². The Labute approximate surface area is 226 Å². The number of thiocarbonyl (C=S) groups is 1. The van der Waals surface area contributed by atoms with E-state index in [0.717, 1.165) is 16.9 Å². The maximum atomic E-state index is 13.6. The molecule has 1 fully saturated rings. The van der Waals surface area contributed by atoms with Gasteiger partial charge in [0.1, 0.15) is 30.0 Å². The summed E-state index contributed by atoms with van der Waals surface area (Å²) in [5.41, 5.74) is 3.00. The average molecular weight is 581 g/mol. The van der Waals surface area contributed by atoms with E-state index in [1.807, 2.05) is 47.4 Å². The highest BCUT2D eigenvalue weighted by molar-refractivity contribution is 9.10. The molecule has 188 valence electrons. The van der Waals surface area contributed by atoms with Gasteiger partial charge >= 0.3 is 0 Å². The second-order valence-corrected chi connectivity index (χ2v) is 9.59. The van der Waals surface area contributed by atoms with Crippen LogP contribution in [0.15, 0.2) is 87.9 Å². The number of methoxy groups -OCH3 is 1. The third-order valence-electron chi connectivity index (χ3n) is 5.92. The van der Waals surface area contributed by atoms with Gasteiger partial charge in [0, 0.05) is 34.7 Å². The number of amides is 1. The van der Waals surface area contributed by atoms with Gasteiger partial charge in [-0.3, -0.25) is 9.78 Å². The molecule has 0 saturated carbocycles. The third-order valence-corrected chi connectivity index (χ3v) is 6.89. The number of ether oxygens (including phenoxy) is 1. The number of carbonyl (C=O) groups excluding carboxylic acids is 1. The van der Waals surface area contributed by atoms with Crippen molar-refractivity contribution in [3.05, 3.63) is 101 Å². The summed E-state index contributed by atoms with van der Waals surface area (Å²) in [5.74, 6) is 0.676. The van der Waals surface area contributed by atoms with Crippen molar-refractivity contribution >= 4 is 50.5 Å². The fraction of sp³-hybridized carbons (Fsp3) is 0.148. The number of anilines is 2. The van der Waals surface area contributed by atoms with Gasteiger partial charge in [-0.15, -0.1) is 0 Å². The van der Waals surface area contributed by atoms with Crippen molar-refractivity contribution in [2.24, 2.45) is 0 Å². The van der Waals surface area contributed by atoms with Crippen LogP contribution < -0.4 is 15.5 Å². The standard InChI is InChI=1S/C27H22BrFN4O3S/c1-35-15-24(34)31-17-6-8-18(9-7-17)33-26(25(32-27(33)37)21-4-2-3-13-30-21)23-12-11-22(36-23)19-10-5-16(29)14-20(19)28/h2-14,25-26H,15H2,1H3,(H,31,34)(H,32,37)/t25-,26-/m0/s1. The Morgan fingerprint density at radius 2 is 2.00 bits per heavy atom. The van der Waals surface area contributed by atoms with Crippen LogP contribution in [0.3, 0.4) is 0 Å². The zero-order valence-electron chi connectivity index (χ0n) is 19.7. The molecule has 4 aromatic rings. The first kappa shape index (κ1) is 25.1. The monoisotopic (exact) mass is 580 g/mol. The number of nitrogens with one attached hydrogen (secondary N) is 2. The summed E-state index contributed by atoms with van der Waals surface area (Å²) in [6, 6.07) is 20.7. The number of aromatic nitrogens is 1. The number of benzene rings is 2. The van der Waals surface area contributed by atoms with E-state index in [0.29, 0.717) is 26.8 Å². The molecule has 1 aliphatic heterocycles. The van der Waals surface area contributed by atoms with Gasteiger partial charge in [0.15, 0.2) is 5.11 Å². The molecule has 10 heteroatoms. The molecule has 3 heterocycles. The number of carbonyl (C=O) groups is 1. The molecule has 2 aromatic heterocycles. The van der Waals surface area contributed by atoms with E-state index >= 15 is 0 Å². The fourth-order valence-corrected chi connectivity index (χ4v) is 5.19. The number of pyridine rings is 1. The molecule has 5 rings (SSSR count). The zero-order chi connectivity index (χ0) is 25.9. The number of hydrogen-bond acceptors (Lipinski definition) is 5. The fourth-order valence-electron chi connectivity index (χ4n) is 4.30. The van der Waals surface area contributed by atoms with Crippen molar-refractivity contribution in [3.63, 3.8) is 0 Å². The van der Waals surface area contributed by atoms with E-state index in [-0.39, 0.29) is 30.4 Å². The molecule has 1 saturated heterocycles. The average Bonchev–Trinajstić information content (AvgIpc) is 3.50. The molecule has 1 aliphatic rings. The summed E-state index contributed by atoms with van der Waals surface area (Å²) < 4.78 is 25.5. The first-order chi connectivity index (χ1) is 17.9. The minimum absolute atomic E-state index is 0.0271. The van der Waals surface area contributed by atoms with Crippen molar-refractivity contribution in [1.82, 2.24) is 10.3 Å². The van der Waals surface area contributed by atoms with Crippen LogP contribution in [0.4, 0.5) is 15.8 Å². The van der Waals surface area contributed by atoms with Gasteiger partial charge < -0.3 is 24.7 Å². The Hall–Kier alpha value is -3.60. The second kappa shape index (κ2) is 10.8. The van der Waals surface area contributed by atoms with Crippen LogP contribution in [0.25, 0.3) is 11.3 Å². The van der Waals surface area contributed by atoms with Gasteiger partial charge in [-0.1, -0.05) is 6.07 Å². The Bertz CT molecular complexity index is 1430. The van der Waals surface area contributed by atoms with Crippen molar-refractivity contribution < 1.29 is 18.3 Å². The van der Waals surface area contributed by atoms with Crippen LogP contribution in [0.5, 0.6) is 0 Å². The second-order valence-electron chi connectivity index (χ2n) is 8.35. The number of hydrogen-bond donors (Lipinski definition) is 2. The van der Waals surface area contributed by atoms with Crippen molar-refractivity contribution in [3.8, 4) is 11.3 Å². The maximum Gasteiger partial charge on any atom is 0.250 e. The van der Waals surface area contributed by atoms with E-state index in [4.69, 9.17) is 21.4 Å². The van der Waals surface area contributed by atoms with E-state index in [9.17, 15) is 9.18 Å². The molecule has 0 bridgehead atoms. The lowest BCUT2D eigenvalue weighted by Crippen LogP contribution is -2.29. The first-order valence-electron chi connectivity index (χ1n) is 11.4. The summed E-state index contributed by atoms with van der Waals surface area (Å²) >= 11 is 9.18. The Kier molecular flexibility index (Phi) is 7.31. The van der Waals surface area contributed by atoms with Gasteiger partial charge in [0.25, 0.3) is 0 Å². The molecule has 1 amide bonds. The zero-order valence-corrected chi connectivity index (χ0v) is 22.1. The molecule has 0 radical (unpaired) electrons. The molecular weight excluding hydrogens is 559 g/mol. The van der Waals surface area contributed by atoms with Crippen LogP contribution in [0.1, 0.15) is 23.5 Å². The molecule has 2 atom stereocenters. The minimum atomic E-state index is -0.357. The highest BCUT2D eigenvalue weighted by Gasteiger charge is 2.42. The normalized spacial score (nSPS) is 17.1. The van der Waals surface area contributed by atoms with Gasteiger partial charge in [0.2, 0.25) is 5.91 Å². The van der Waals surface area contributed by atoms with E-state index < -0.39 is 0 Å². The van der Waals surface area contributed by atoms with Gasteiger partial charge in [-0.05, 0) is 94.9 Å². The molecule has 0 unspecified atom stereocenters. The van der Waals surface area contributed by atoms with Crippen LogP contribution in [0.2, 0.25) is 0 Å². The number of halogens is 2. The smallest absolute Gasteiger partial charge is 0.250 e. The van der Waals surface area contributed by atoms with E-state index in [2.05, 4.69) is 31.5 Å². The quantitative estimate of drug-likeness (QED) is 0.259. The Balaban J connectivity index is 1.52. The lowest BCUT2D eigenvalue weighted by Gasteiger charge is -2.26. The topological polar surface area (TPSA) is 79.6 Å². The predicted molar refractivity (Wildman–Crippen MR) is 147 cm³/mol. The highest BCUT2D eigenvalue weighted by atomic mass is 79.9. The van der Waals surface area contributed by atoms with E-state index in [1.54, 1.807) is 24.4 Å². The summed E-state index contributed by atoms with van der Waals surface area (Å²) in [7, 11) is 1.47. The lowest BCUT2D eigenvalue weighted by molar-refractivity contribution is -0.119. The summed E-state index contributed by atoms with van der Waals surface area (Å²) in [6.45, 7) is -0.0271. The van der Waals surface area contributed by atoms with E-state index in [1.165, 1.54) is 19.2 Å². The SMILES string of the molecule is COCC(=O)Nc1ccc(N2C(=S)N[C@@H](c3ccccn3)[C@@H]2c2ccc(-c3ccc(F)cc3Br)o2)cc1. The molecule has 2 N–H and O–H groups in total. The van der Waals surface area contributed by atoms with Crippen LogP contribution in [-0.2, 0) is 9.53 Å². The first-order valence-corrected chi connectivity index (χ1v) is 12.6. The lowest BCUT2D eigenvalue weighted by atomic mass is 10.0. The van der Waals surface area contributed by atoms with Crippen molar-refractivity contribution in [2.45, 2.75) is 12.1 Å². The predicted octanol–water partition coefficient (Wildman–Crippen LogP) is 6.01. The third kappa shape index (κ3) is 5.27. The summed E-state index contributed by atoms with van der Waals surface area (Å²) in [5, 5.41) is 6.69. The Morgan fingerprint density at radius 3 is 2.70 bits per heavy atom. The van der Waals surface area contributed by atoms with Crippen LogP contribution >= 0.6 is 28.1 Å². The van der Waals surface area contributed by atoms with Crippen LogP contribution in [-0.4, -0.2) is 29.7 Å². The molecule has 2 aromatic carbocycles. The molecule has 37 heavy (non-hydrogen) atoms. The summed E-state index contributed by atoms with van der Waals surface area (Å²) in [6.07, 6.45) is 1.74. The molecular formula is C27H22BrFN4O3S. The summed E-state index contributed by atoms with van der Waals surface area (Å²) in [4.78, 5) is 18.4. The Morgan fingerprint density at radius 1 is 1.19 bits per heavy atom. The number of rotatable bonds is 7. The highest BCUT2D eigenvalue weighted by Crippen LogP contribution is 2.43. The molecule has 0 spiro atoms. The van der Waals surface area contributed by atoms with Gasteiger partial charge in [-0.25, -0.2) is 4.39 Å². The largest absolute Gasteiger partial charge is 0.459 e. The van der Waals surface area contributed by atoms with Gasteiger partial charge in [-0.2, -0.15) is 0 Å². The van der Waals surface area contributed by atoms with Gasteiger partial charge in [0.05, 0.1) is 11.7 Å². The minimum Gasteiger partial charge on any atom is -0.459 e. The molecule has 0 aliphatic carbocycles. The number of nitrogens with zero attached hydrogens (tertiary/aromatic N) is 2.